The van der Waals surface area contributed by atoms with Gasteiger partial charge in [-0.05, 0) is 47.7 Å². The van der Waals surface area contributed by atoms with E-state index in [2.05, 4.69) is 44.5 Å². The fourth-order valence-electron chi connectivity index (χ4n) is 2.35. The molecule has 0 radical (unpaired) electrons. The Kier molecular flexibility index (Phi) is 4.35. The molecule has 0 saturated heterocycles. The lowest BCUT2D eigenvalue weighted by Gasteiger charge is -2.08. The van der Waals surface area contributed by atoms with Gasteiger partial charge < -0.3 is 5.32 Å². The van der Waals surface area contributed by atoms with E-state index in [0.717, 1.165) is 9.13 Å². The van der Waals surface area contributed by atoms with Crippen LogP contribution in [0.3, 0.4) is 0 Å². The molecule has 3 aromatic rings. The highest BCUT2D eigenvalue weighted by atomic mass is 127. The molecule has 24 heavy (non-hydrogen) atoms. The summed E-state index contributed by atoms with van der Waals surface area (Å²) in [6.07, 6.45) is 3.15. The Morgan fingerprint density at radius 1 is 1.25 bits per heavy atom. The largest absolute Gasteiger partial charge is 0.357 e. The highest BCUT2D eigenvalue weighted by Gasteiger charge is 2.23. The molecule has 0 spiro atoms. The summed E-state index contributed by atoms with van der Waals surface area (Å²) in [7, 11) is -2.07. The molecule has 1 N–H and O–H groups in total. The molecule has 0 unspecified atom stereocenters. The Balaban J connectivity index is 2.34. The number of hydrogen-bond acceptors (Lipinski definition) is 5. The molecule has 0 bridgehead atoms. The summed E-state index contributed by atoms with van der Waals surface area (Å²) in [6.45, 7) is 5.67. The van der Waals surface area contributed by atoms with Gasteiger partial charge in [-0.1, -0.05) is 24.3 Å². The van der Waals surface area contributed by atoms with Gasteiger partial charge in [-0.15, -0.1) is 0 Å². The van der Waals surface area contributed by atoms with Crippen molar-refractivity contribution in [2.45, 2.75) is 11.8 Å². The minimum atomic E-state index is -3.75. The van der Waals surface area contributed by atoms with Crippen LogP contribution in [-0.2, 0) is 10.0 Å². The van der Waals surface area contributed by atoms with Crippen LogP contribution in [0, 0.1) is 10.5 Å². The molecule has 1 aromatic carbocycles. The van der Waals surface area contributed by atoms with E-state index in [1.54, 1.807) is 43.6 Å². The molecule has 8 heteroatoms. The first kappa shape index (κ1) is 16.9. The first-order valence-corrected chi connectivity index (χ1v) is 9.61. The van der Waals surface area contributed by atoms with Crippen LogP contribution in [0.25, 0.3) is 17.1 Å². The minimum Gasteiger partial charge on any atom is -0.357 e. The summed E-state index contributed by atoms with van der Waals surface area (Å²) in [4.78, 5) is 8.88. The van der Waals surface area contributed by atoms with Crippen LogP contribution in [0.2, 0.25) is 0 Å². The van der Waals surface area contributed by atoms with Gasteiger partial charge in [0.05, 0.1) is 16.0 Å². The van der Waals surface area contributed by atoms with E-state index < -0.39 is 10.0 Å². The number of anilines is 1. The number of benzene rings is 1. The highest BCUT2D eigenvalue weighted by molar-refractivity contribution is 14.1. The molecule has 0 atom stereocenters. The van der Waals surface area contributed by atoms with Crippen molar-refractivity contribution in [3.05, 3.63) is 51.9 Å². The SMILES string of the molecule is C=Cc1nc(NC)nc2c1c(I)cn2S(=O)(=O)c1ccc(C)cc1. The Morgan fingerprint density at radius 2 is 1.92 bits per heavy atom. The van der Waals surface area contributed by atoms with Crippen LogP contribution in [0.15, 0.2) is 41.9 Å². The lowest BCUT2D eigenvalue weighted by molar-refractivity contribution is 0.588. The zero-order chi connectivity index (χ0) is 17.5. The summed E-state index contributed by atoms with van der Waals surface area (Å²) >= 11 is 2.08. The topological polar surface area (TPSA) is 76.9 Å². The molecule has 0 aliphatic rings. The maximum atomic E-state index is 13.0. The van der Waals surface area contributed by atoms with Gasteiger partial charge in [0.25, 0.3) is 10.0 Å². The molecule has 6 nitrogen and oxygen atoms in total. The smallest absolute Gasteiger partial charge is 0.269 e. The van der Waals surface area contributed by atoms with Crippen LogP contribution >= 0.6 is 22.6 Å². The minimum absolute atomic E-state index is 0.214. The molecule has 124 valence electrons. The number of aromatic nitrogens is 3. The van der Waals surface area contributed by atoms with Crippen molar-refractivity contribution in [2.75, 3.05) is 12.4 Å². The van der Waals surface area contributed by atoms with E-state index in [1.165, 1.54) is 3.97 Å². The zero-order valence-corrected chi connectivity index (χ0v) is 16.1. The molecular formula is C16H15IN4O2S. The van der Waals surface area contributed by atoms with Gasteiger partial charge in [0.1, 0.15) is 0 Å². The van der Waals surface area contributed by atoms with Crippen molar-refractivity contribution >= 4 is 55.7 Å². The molecule has 0 saturated carbocycles. The maximum absolute atomic E-state index is 13.0. The highest BCUT2D eigenvalue weighted by Crippen LogP contribution is 2.29. The summed E-state index contributed by atoms with van der Waals surface area (Å²) in [5, 5.41) is 3.52. The van der Waals surface area contributed by atoms with Gasteiger partial charge >= 0.3 is 0 Å². The first-order chi connectivity index (χ1) is 11.4. The normalized spacial score (nSPS) is 11.6. The lowest BCUT2D eigenvalue weighted by atomic mass is 10.2. The number of aryl methyl sites for hydroxylation is 1. The zero-order valence-electron chi connectivity index (χ0n) is 13.1. The molecular weight excluding hydrogens is 439 g/mol. The van der Waals surface area contributed by atoms with Crippen molar-refractivity contribution < 1.29 is 8.42 Å². The van der Waals surface area contributed by atoms with Gasteiger partial charge in [-0.2, -0.15) is 4.98 Å². The number of rotatable bonds is 4. The average Bonchev–Trinajstić information content (AvgIpc) is 2.92. The van der Waals surface area contributed by atoms with Gasteiger partial charge in [-0.3, -0.25) is 0 Å². The second-order valence-corrected chi connectivity index (χ2v) is 8.15. The summed E-state index contributed by atoms with van der Waals surface area (Å²) < 4.78 is 28.0. The fraction of sp³-hybridized carbons (Fsp3) is 0.125. The monoisotopic (exact) mass is 454 g/mol. The quantitative estimate of drug-likeness (QED) is 0.613. The molecule has 0 amide bonds. The Bertz CT molecular complexity index is 1040. The summed E-state index contributed by atoms with van der Waals surface area (Å²) in [6, 6.07) is 6.73. The standard InChI is InChI=1S/C16H15IN4O2S/c1-4-13-14-12(17)9-21(15(14)20-16(18-3)19-13)24(22,23)11-7-5-10(2)6-8-11/h4-9H,1H2,2-3H3,(H,18,19,20). The van der Waals surface area contributed by atoms with Crippen LogP contribution in [-0.4, -0.2) is 29.4 Å². The van der Waals surface area contributed by atoms with E-state index in [0.29, 0.717) is 22.7 Å². The van der Waals surface area contributed by atoms with Crippen molar-refractivity contribution in [3.63, 3.8) is 0 Å². The second-order valence-electron chi connectivity index (χ2n) is 5.18. The van der Waals surface area contributed by atoms with E-state index in [9.17, 15) is 8.42 Å². The predicted octanol–water partition coefficient (Wildman–Crippen LogP) is 3.27. The third-order valence-corrected chi connectivity index (χ3v) is 6.07. The van der Waals surface area contributed by atoms with Gasteiger partial charge in [0.2, 0.25) is 5.95 Å². The molecule has 0 fully saturated rings. The lowest BCUT2D eigenvalue weighted by Crippen LogP contribution is -2.13. The van der Waals surface area contributed by atoms with Crippen molar-refractivity contribution in [1.82, 2.24) is 13.9 Å². The van der Waals surface area contributed by atoms with Crippen molar-refractivity contribution in [2.24, 2.45) is 0 Å². The maximum Gasteiger partial charge on any atom is 0.269 e. The first-order valence-electron chi connectivity index (χ1n) is 7.09. The molecule has 0 aliphatic heterocycles. The van der Waals surface area contributed by atoms with E-state index in [1.807, 2.05) is 6.92 Å². The van der Waals surface area contributed by atoms with Gasteiger partial charge in [0, 0.05) is 16.8 Å². The van der Waals surface area contributed by atoms with Crippen molar-refractivity contribution in [1.29, 1.82) is 0 Å². The fourth-order valence-corrected chi connectivity index (χ4v) is 4.65. The molecule has 0 aliphatic carbocycles. The van der Waals surface area contributed by atoms with Crippen LogP contribution in [0.5, 0.6) is 0 Å². The van der Waals surface area contributed by atoms with E-state index in [-0.39, 0.29) is 4.90 Å². The second kappa shape index (κ2) is 6.17. The van der Waals surface area contributed by atoms with Crippen LogP contribution < -0.4 is 5.32 Å². The summed E-state index contributed by atoms with van der Waals surface area (Å²) in [5.74, 6) is 0.340. The Labute approximate surface area is 153 Å². The molecule has 2 aromatic heterocycles. The third-order valence-electron chi connectivity index (χ3n) is 3.59. The number of halogens is 1. The number of nitrogens with zero attached hydrogens (tertiary/aromatic N) is 3. The molecule has 3 rings (SSSR count). The third kappa shape index (κ3) is 2.69. The van der Waals surface area contributed by atoms with E-state index in [4.69, 9.17) is 0 Å². The average molecular weight is 454 g/mol. The van der Waals surface area contributed by atoms with Crippen molar-refractivity contribution in [3.8, 4) is 0 Å². The summed E-state index contributed by atoms with van der Waals surface area (Å²) in [5.41, 5.74) is 1.91. The number of fused-ring (bicyclic) bond motifs is 1. The Morgan fingerprint density at radius 3 is 2.50 bits per heavy atom. The number of hydrogen-bond donors (Lipinski definition) is 1. The van der Waals surface area contributed by atoms with E-state index >= 15 is 0 Å². The Hall–Kier alpha value is -1.94. The van der Waals surface area contributed by atoms with Crippen LogP contribution in [0.4, 0.5) is 5.95 Å². The van der Waals surface area contributed by atoms with Gasteiger partial charge in [0.15, 0.2) is 5.65 Å². The van der Waals surface area contributed by atoms with Gasteiger partial charge in [-0.25, -0.2) is 17.4 Å². The number of nitrogens with one attached hydrogen (secondary N) is 1. The molecule has 2 heterocycles. The predicted molar refractivity (Wildman–Crippen MR) is 104 cm³/mol. The van der Waals surface area contributed by atoms with Crippen LogP contribution in [0.1, 0.15) is 11.3 Å².